The van der Waals surface area contributed by atoms with E-state index in [1.807, 2.05) is 19.1 Å². The molecule has 0 bridgehead atoms. The summed E-state index contributed by atoms with van der Waals surface area (Å²) >= 11 is 0. The first kappa shape index (κ1) is 12.0. The van der Waals surface area contributed by atoms with Gasteiger partial charge in [0.1, 0.15) is 0 Å². The maximum atomic E-state index is 12.0. The number of fused-ring (bicyclic) bond motifs is 1. The van der Waals surface area contributed by atoms with Crippen LogP contribution in [0.5, 0.6) is 0 Å². The van der Waals surface area contributed by atoms with E-state index < -0.39 is 0 Å². The molecule has 1 heterocycles. The molecule has 3 nitrogen and oxygen atoms in total. The molecule has 0 fully saturated rings. The van der Waals surface area contributed by atoms with Crippen molar-refractivity contribution in [3.63, 3.8) is 0 Å². The lowest BCUT2D eigenvalue weighted by Crippen LogP contribution is -2.34. The van der Waals surface area contributed by atoms with Crippen molar-refractivity contribution >= 4 is 11.6 Å². The van der Waals surface area contributed by atoms with Gasteiger partial charge in [-0.3, -0.25) is 4.79 Å². The Morgan fingerprint density at radius 1 is 1.29 bits per heavy atom. The fourth-order valence-electron chi connectivity index (χ4n) is 1.97. The normalized spacial score (nSPS) is 20.0. The smallest absolute Gasteiger partial charge is 0.253 e. The fourth-order valence-corrected chi connectivity index (χ4v) is 1.97. The molecule has 0 aliphatic carbocycles. The summed E-state index contributed by atoms with van der Waals surface area (Å²) < 4.78 is 0. The van der Waals surface area contributed by atoms with Gasteiger partial charge in [0, 0.05) is 18.3 Å². The summed E-state index contributed by atoms with van der Waals surface area (Å²) in [5.74, 6) is 0.0172. The summed E-state index contributed by atoms with van der Waals surface area (Å²) in [7, 11) is 0. The molecule has 1 aromatic rings. The number of nitrogens with one attached hydrogen (secondary N) is 2. The van der Waals surface area contributed by atoms with Crippen molar-refractivity contribution in [1.82, 2.24) is 5.32 Å². The van der Waals surface area contributed by atoms with Gasteiger partial charge < -0.3 is 10.6 Å². The van der Waals surface area contributed by atoms with Gasteiger partial charge in [-0.1, -0.05) is 26.8 Å². The van der Waals surface area contributed by atoms with Gasteiger partial charge in [0.05, 0.1) is 5.56 Å². The molecule has 0 spiro atoms. The fraction of sp³-hybridized carbons (Fsp3) is 0.500. The van der Waals surface area contributed by atoms with Gasteiger partial charge in [0.2, 0.25) is 0 Å². The van der Waals surface area contributed by atoms with Crippen LogP contribution in [0.4, 0.5) is 5.69 Å². The average Bonchev–Trinajstić information content (AvgIpc) is 2.37. The highest BCUT2D eigenvalue weighted by Crippen LogP contribution is 2.27. The first-order chi connectivity index (χ1) is 7.88. The Morgan fingerprint density at radius 2 is 2.00 bits per heavy atom. The number of hydrogen-bond acceptors (Lipinski definition) is 2. The maximum absolute atomic E-state index is 12.0. The SMILES string of the molecule is CC1CNc2ccc(C(C)(C)C)cc2C(=O)N1. The summed E-state index contributed by atoms with van der Waals surface area (Å²) in [6.07, 6.45) is 0. The molecule has 17 heavy (non-hydrogen) atoms. The van der Waals surface area contributed by atoms with Crippen LogP contribution in [0.1, 0.15) is 43.6 Å². The van der Waals surface area contributed by atoms with E-state index in [0.29, 0.717) is 0 Å². The summed E-state index contributed by atoms with van der Waals surface area (Å²) in [6, 6.07) is 6.26. The van der Waals surface area contributed by atoms with Gasteiger partial charge in [-0.15, -0.1) is 0 Å². The Morgan fingerprint density at radius 3 is 2.65 bits per heavy atom. The van der Waals surface area contributed by atoms with Crippen LogP contribution in [-0.4, -0.2) is 18.5 Å². The molecule has 92 valence electrons. The van der Waals surface area contributed by atoms with Gasteiger partial charge >= 0.3 is 0 Å². The van der Waals surface area contributed by atoms with E-state index >= 15 is 0 Å². The van der Waals surface area contributed by atoms with Crippen molar-refractivity contribution in [2.75, 3.05) is 11.9 Å². The summed E-state index contributed by atoms with van der Waals surface area (Å²) in [6.45, 7) is 9.23. The number of carbonyl (C=O) groups excluding carboxylic acids is 1. The zero-order valence-electron chi connectivity index (χ0n) is 10.9. The molecule has 1 atom stereocenters. The van der Waals surface area contributed by atoms with E-state index in [0.717, 1.165) is 17.8 Å². The van der Waals surface area contributed by atoms with E-state index in [9.17, 15) is 4.79 Å². The van der Waals surface area contributed by atoms with Crippen LogP contribution in [0.2, 0.25) is 0 Å². The number of benzene rings is 1. The zero-order valence-corrected chi connectivity index (χ0v) is 10.9. The first-order valence-electron chi connectivity index (χ1n) is 6.07. The molecule has 2 rings (SSSR count). The van der Waals surface area contributed by atoms with Gasteiger partial charge in [0.15, 0.2) is 0 Å². The van der Waals surface area contributed by atoms with Gasteiger partial charge in [-0.05, 0) is 30.0 Å². The Hall–Kier alpha value is -1.51. The highest BCUT2D eigenvalue weighted by Gasteiger charge is 2.21. The van der Waals surface area contributed by atoms with Gasteiger partial charge in [-0.25, -0.2) is 0 Å². The summed E-state index contributed by atoms with van der Waals surface area (Å²) in [5.41, 5.74) is 2.93. The third-order valence-electron chi connectivity index (χ3n) is 3.11. The molecule has 0 radical (unpaired) electrons. The van der Waals surface area contributed by atoms with E-state index in [2.05, 4.69) is 37.5 Å². The second-order valence-corrected chi connectivity index (χ2v) is 5.77. The van der Waals surface area contributed by atoms with Crippen LogP contribution in [-0.2, 0) is 5.41 Å². The summed E-state index contributed by atoms with van der Waals surface area (Å²) in [5, 5.41) is 6.28. The highest BCUT2D eigenvalue weighted by molar-refractivity contribution is 6.00. The molecule has 0 aromatic heterocycles. The number of rotatable bonds is 0. The quantitative estimate of drug-likeness (QED) is 0.721. The van der Waals surface area contributed by atoms with E-state index in [1.54, 1.807) is 0 Å². The molecule has 0 saturated heterocycles. The van der Waals surface area contributed by atoms with Crippen molar-refractivity contribution in [3.05, 3.63) is 29.3 Å². The monoisotopic (exact) mass is 232 g/mol. The Bertz CT molecular complexity index is 446. The van der Waals surface area contributed by atoms with Crippen LogP contribution in [0, 0.1) is 0 Å². The predicted molar refractivity (Wildman–Crippen MR) is 70.6 cm³/mol. The predicted octanol–water partition coefficient (Wildman–Crippen LogP) is 2.53. The van der Waals surface area contributed by atoms with Crippen LogP contribution < -0.4 is 10.6 Å². The van der Waals surface area contributed by atoms with Crippen molar-refractivity contribution in [3.8, 4) is 0 Å². The lowest BCUT2D eigenvalue weighted by atomic mass is 9.86. The molecule has 3 heteroatoms. The van der Waals surface area contributed by atoms with Crippen molar-refractivity contribution < 1.29 is 4.79 Å². The summed E-state index contributed by atoms with van der Waals surface area (Å²) in [4.78, 5) is 12.0. The molecular formula is C14H20N2O. The van der Waals surface area contributed by atoms with Crippen molar-refractivity contribution in [2.24, 2.45) is 0 Å². The molecule has 1 aliphatic rings. The second-order valence-electron chi connectivity index (χ2n) is 5.77. The topological polar surface area (TPSA) is 41.1 Å². The first-order valence-corrected chi connectivity index (χ1v) is 6.07. The lowest BCUT2D eigenvalue weighted by Gasteiger charge is -2.20. The number of hydrogen-bond donors (Lipinski definition) is 2. The van der Waals surface area contributed by atoms with E-state index in [-0.39, 0.29) is 17.4 Å². The van der Waals surface area contributed by atoms with Crippen LogP contribution >= 0.6 is 0 Å². The Kier molecular flexibility index (Phi) is 2.86. The second kappa shape index (κ2) is 4.06. The minimum absolute atomic E-state index is 0.0172. The molecule has 1 amide bonds. The zero-order chi connectivity index (χ0) is 12.6. The molecule has 1 unspecified atom stereocenters. The van der Waals surface area contributed by atoms with Crippen molar-refractivity contribution in [1.29, 1.82) is 0 Å². The van der Waals surface area contributed by atoms with Gasteiger partial charge in [0.25, 0.3) is 5.91 Å². The van der Waals surface area contributed by atoms with E-state index in [4.69, 9.17) is 0 Å². The highest BCUT2D eigenvalue weighted by atomic mass is 16.1. The number of anilines is 1. The number of carbonyl (C=O) groups is 1. The average molecular weight is 232 g/mol. The van der Waals surface area contributed by atoms with Crippen LogP contribution in [0.3, 0.4) is 0 Å². The molecule has 1 aliphatic heterocycles. The third kappa shape index (κ3) is 2.43. The molecule has 2 N–H and O–H groups in total. The lowest BCUT2D eigenvalue weighted by molar-refractivity contribution is 0.0945. The molecule has 1 aromatic carbocycles. The van der Waals surface area contributed by atoms with Crippen molar-refractivity contribution in [2.45, 2.75) is 39.2 Å². The molecular weight excluding hydrogens is 212 g/mol. The largest absolute Gasteiger partial charge is 0.382 e. The van der Waals surface area contributed by atoms with Crippen LogP contribution in [0.25, 0.3) is 0 Å². The Balaban J connectivity index is 2.45. The van der Waals surface area contributed by atoms with Gasteiger partial charge in [-0.2, -0.15) is 0 Å². The van der Waals surface area contributed by atoms with E-state index in [1.165, 1.54) is 5.56 Å². The molecule has 0 saturated carbocycles. The minimum Gasteiger partial charge on any atom is -0.382 e. The Labute approximate surface area is 103 Å². The number of amides is 1. The maximum Gasteiger partial charge on any atom is 0.253 e. The standard InChI is InChI=1S/C14H20N2O/c1-9-8-15-12-6-5-10(14(2,3)4)7-11(12)13(17)16-9/h5-7,9,15H,8H2,1-4H3,(H,16,17). The minimum atomic E-state index is 0.0172. The third-order valence-corrected chi connectivity index (χ3v) is 3.11. The van der Waals surface area contributed by atoms with Crippen LogP contribution in [0.15, 0.2) is 18.2 Å².